The maximum Gasteiger partial charge on any atom is 0.335 e. The lowest BCUT2D eigenvalue weighted by atomic mass is 10.2. The molecule has 0 aliphatic carbocycles. The summed E-state index contributed by atoms with van der Waals surface area (Å²) in [5, 5.41) is 12.4. The van der Waals surface area contributed by atoms with Gasteiger partial charge in [-0.15, -0.1) is 0 Å². The molecule has 132 valence electrons. The number of amides is 1. The van der Waals surface area contributed by atoms with Crippen molar-refractivity contribution in [3.63, 3.8) is 0 Å². The standard InChI is InChI=1S/C17H15ClINO5/c1-2-24-14-8-10(17(22)23)7-13(19)16(14)25-9-15(21)20-12-5-3-11(18)4-6-12/h3-8H,2,9H2,1H3,(H,20,21)(H,22,23). The number of nitrogens with one attached hydrogen (secondary N) is 1. The van der Waals surface area contributed by atoms with E-state index in [2.05, 4.69) is 5.32 Å². The number of halogens is 2. The highest BCUT2D eigenvalue weighted by atomic mass is 127. The molecular weight excluding hydrogens is 461 g/mol. The second-order valence-corrected chi connectivity index (χ2v) is 6.47. The Bertz CT molecular complexity index is 779. The van der Waals surface area contributed by atoms with Gasteiger partial charge in [-0.3, -0.25) is 4.79 Å². The van der Waals surface area contributed by atoms with Crippen molar-refractivity contribution in [2.75, 3.05) is 18.5 Å². The topological polar surface area (TPSA) is 84.9 Å². The van der Waals surface area contributed by atoms with E-state index >= 15 is 0 Å². The molecule has 0 unspecified atom stereocenters. The number of carboxylic acids is 1. The zero-order chi connectivity index (χ0) is 18.4. The molecule has 0 fully saturated rings. The van der Waals surface area contributed by atoms with Gasteiger partial charge in [0, 0.05) is 10.7 Å². The van der Waals surface area contributed by atoms with Gasteiger partial charge >= 0.3 is 5.97 Å². The van der Waals surface area contributed by atoms with Gasteiger partial charge in [-0.2, -0.15) is 0 Å². The number of rotatable bonds is 7. The molecule has 2 aromatic carbocycles. The van der Waals surface area contributed by atoms with Crippen molar-refractivity contribution in [2.24, 2.45) is 0 Å². The van der Waals surface area contributed by atoms with Gasteiger partial charge in [0.2, 0.25) is 0 Å². The van der Waals surface area contributed by atoms with Gasteiger partial charge in [0.15, 0.2) is 18.1 Å². The number of carboxylic acid groups (broad SMARTS) is 1. The van der Waals surface area contributed by atoms with Crippen molar-refractivity contribution in [3.05, 3.63) is 50.6 Å². The summed E-state index contributed by atoms with van der Waals surface area (Å²) in [7, 11) is 0. The van der Waals surface area contributed by atoms with Crippen LogP contribution in [0.15, 0.2) is 36.4 Å². The maximum atomic E-state index is 12.0. The highest BCUT2D eigenvalue weighted by Crippen LogP contribution is 2.34. The van der Waals surface area contributed by atoms with E-state index in [1.807, 2.05) is 22.6 Å². The molecular formula is C17H15ClINO5. The Morgan fingerprint density at radius 3 is 2.48 bits per heavy atom. The summed E-state index contributed by atoms with van der Waals surface area (Å²) in [4.78, 5) is 23.2. The lowest BCUT2D eigenvalue weighted by Crippen LogP contribution is -2.20. The van der Waals surface area contributed by atoms with Crippen LogP contribution in [0, 0.1) is 3.57 Å². The molecule has 0 aromatic heterocycles. The van der Waals surface area contributed by atoms with Crippen LogP contribution in [0.4, 0.5) is 5.69 Å². The zero-order valence-corrected chi connectivity index (χ0v) is 16.1. The van der Waals surface area contributed by atoms with Gasteiger partial charge in [0.25, 0.3) is 5.91 Å². The molecule has 0 atom stereocenters. The molecule has 0 saturated heterocycles. The average molecular weight is 476 g/mol. The molecule has 8 heteroatoms. The van der Waals surface area contributed by atoms with Gasteiger partial charge in [0.05, 0.1) is 15.7 Å². The van der Waals surface area contributed by atoms with E-state index < -0.39 is 5.97 Å². The Balaban J connectivity index is 2.09. The van der Waals surface area contributed by atoms with Crippen molar-refractivity contribution in [1.82, 2.24) is 0 Å². The first-order valence-electron chi connectivity index (χ1n) is 7.28. The smallest absolute Gasteiger partial charge is 0.335 e. The second-order valence-electron chi connectivity index (χ2n) is 4.87. The first-order valence-corrected chi connectivity index (χ1v) is 8.74. The van der Waals surface area contributed by atoms with E-state index in [-0.39, 0.29) is 23.8 Å². The van der Waals surface area contributed by atoms with Crippen molar-refractivity contribution in [3.8, 4) is 11.5 Å². The van der Waals surface area contributed by atoms with Gasteiger partial charge < -0.3 is 19.9 Å². The number of aromatic carboxylic acids is 1. The fraction of sp³-hybridized carbons (Fsp3) is 0.176. The summed E-state index contributed by atoms with van der Waals surface area (Å²) >= 11 is 7.74. The molecule has 0 bridgehead atoms. The Morgan fingerprint density at radius 1 is 1.20 bits per heavy atom. The third-order valence-electron chi connectivity index (χ3n) is 3.03. The summed E-state index contributed by atoms with van der Waals surface area (Å²) in [5.74, 6) is -0.807. The molecule has 0 aliphatic rings. The molecule has 2 rings (SSSR count). The third kappa shape index (κ3) is 5.50. The fourth-order valence-electron chi connectivity index (χ4n) is 1.96. The Labute approximate surface area is 163 Å². The van der Waals surface area contributed by atoms with Crippen LogP contribution in [0.25, 0.3) is 0 Å². The van der Waals surface area contributed by atoms with E-state index in [4.69, 9.17) is 26.2 Å². The summed E-state index contributed by atoms with van der Waals surface area (Å²) in [6.45, 7) is 1.87. The highest BCUT2D eigenvalue weighted by molar-refractivity contribution is 14.1. The Kier molecular flexibility index (Phi) is 6.89. The Hall–Kier alpha value is -2.00. The van der Waals surface area contributed by atoms with Crippen LogP contribution < -0.4 is 14.8 Å². The molecule has 0 heterocycles. The van der Waals surface area contributed by atoms with E-state index in [0.29, 0.717) is 26.6 Å². The zero-order valence-electron chi connectivity index (χ0n) is 13.2. The molecule has 2 aromatic rings. The molecule has 2 N–H and O–H groups in total. The summed E-state index contributed by atoms with van der Waals surface area (Å²) in [5.41, 5.74) is 0.685. The highest BCUT2D eigenvalue weighted by Gasteiger charge is 2.16. The predicted molar refractivity (Wildman–Crippen MR) is 103 cm³/mol. The van der Waals surface area contributed by atoms with Crippen LogP contribution in [-0.4, -0.2) is 30.2 Å². The minimum absolute atomic E-state index is 0.0887. The molecule has 1 amide bonds. The van der Waals surface area contributed by atoms with Gasteiger partial charge in [-0.1, -0.05) is 11.6 Å². The molecule has 0 spiro atoms. The minimum Gasteiger partial charge on any atom is -0.490 e. The van der Waals surface area contributed by atoms with Crippen LogP contribution in [0.2, 0.25) is 5.02 Å². The number of hydrogen-bond donors (Lipinski definition) is 2. The van der Waals surface area contributed by atoms with Crippen molar-refractivity contribution in [2.45, 2.75) is 6.92 Å². The van der Waals surface area contributed by atoms with E-state index in [9.17, 15) is 9.59 Å². The van der Waals surface area contributed by atoms with Crippen LogP contribution in [0.1, 0.15) is 17.3 Å². The Morgan fingerprint density at radius 2 is 1.88 bits per heavy atom. The monoisotopic (exact) mass is 475 g/mol. The van der Waals surface area contributed by atoms with Crippen molar-refractivity contribution in [1.29, 1.82) is 0 Å². The van der Waals surface area contributed by atoms with Crippen LogP contribution in [-0.2, 0) is 4.79 Å². The third-order valence-corrected chi connectivity index (χ3v) is 4.09. The summed E-state index contributed by atoms with van der Waals surface area (Å²) in [6, 6.07) is 9.52. The summed E-state index contributed by atoms with van der Waals surface area (Å²) in [6.07, 6.45) is 0. The SMILES string of the molecule is CCOc1cc(C(=O)O)cc(I)c1OCC(=O)Nc1ccc(Cl)cc1. The minimum atomic E-state index is -1.06. The second kappa shape index (κ2) is 8.91. The molecule has 0 radical (unpaired) electrons. The van der Waals surface area contributed by atoms with Crippen LogP contribution in [0.3, 0.4) is 0 Å². The molecule has 25 heavy (non-hydrogen) atoms. The molecule has 0 aliphatic heterocycles. The maximum absolute atomic E-state index is 12.0. The van der Waals surface area contributed by atoms with Gasteiger partial charge in [-0.25, -0.2) is 4.79 Å². The number of carbonyl (C=O) groups is 2. The number of hydrogen-bond acceptors (Lipinski definition) is 4. The quantitative estimate of drug-likeness (QED) is 0.590. The first kappa shape index (κ1) is 19.3. The van der Waals surface area contributed by atoms with E-state index in [1.165, 1.54) is 12.1 Å². The number of ether oxygens (including phenoxy) is 2. The molecule has 6 nitrogen and oxygen atoms in total. The van der Waals surface area contributed by atoms with Crippen molar-refractivity contribution < 1.29 is 24.2 Å². The number of benzene rings is 2. The van der Waals surface area contributed by atoms with Gasteiger partial charge in [0.1, 0.15) is 0 Å². The normalized spacial score (nSPS) is 10.2. The predicted octanol–water partition coefficient (Wildman–Crippen LogP) is 4.06. The lowest BCUT2D eigenvalue weighted by molar-refractivity contribution is -0.118. The largest absolute Gasteiger partial charge is 0.490 e. The van der Waals surface area contributed by atoms with Crippen LogP contribution in [0.5, 0.6) is 11.5 Å². The van der Waals surface area contributed by atoms with E-state index in [0.717, 1.165) is 0 Å². The fourth-order valence-corrected chi connectivity index (χ4v) is 2.85. The number of carbonyl (C=O) groups excluding carboxylic acids is 1. The number of anilines is 1. The van der Waals surface area contributed by atoms with Crippen LogP contribution >= 0.6 is 34.2 Å². The summed E-state index contributed by atoms with van der Waals surface area (Å²) < 4.78 is 11.5. The van der Waals surface area contributed by atoms with Crippen molar-refractivity contribution >= 4 is 51.8 Å². The van der Waals surface area contributed by atoms with E-state index in [1.54, 1.807) is 31.2 Å². The first-order chi connectivity index (χ1) is 11.9. The average Bonchev–Trinajstić information content (AvgIpc) is 2.56. The van der Waals surface area contributed by atoms with Gasteiger partial charge in [-0.05, 0) is 65.9 Å². The molecule has 0 saturated carbocycles. The lowest BCUT2D eigenvalue weighted by Gasteiger charge is -2.14.